The number of rotatable bonds is 21. The maximum Gasteiger partial charge on any atom is 0.305 e. The smallest absolute Gasteiger partial charge is 0.305 e. The molecule has 1 saturated heterocycles. The minimum Gasteiger partial charge on any atom is -0.463 e. The zero-order valence-corrected chi connectivity index (χ0v) is 23.5. The number of carbonyl (C=O) groups is 2. The molecule has 0 saturated carbocycles. The van der Waals surface area contributed by atoms with Crippen molar-refractivity contribution in [3.8, 4) is 0 Å². The average Bonchev–Trinajstić information content (AvgIpc) is 2.90. The Labute approximate surface area is 226 Å². The van der Waals surface area contributed by atoms with Gasteiger partial charge in [0.1, 0.15) is 6.61 Å². The fourth-order valence-corrected chi connectivity index (χ4v) is 3.89. The Hall–Kier alpha value is -2.18. The van der Waals surface area contributed by atoms with Crippen LogP contribution in [0.3, 0.4) is 0 Å². The van der Waals surface area contributed by atoms with Crippen LogP contribution >= 0.6 is 0 Å². The van der Waals surface area contributed by atoms with Crippen molar-refractivity contribution < 1.29 is 19.1 Å². The van der Waals surface area contributed by atoms with Crippen LogP contribution in [0.5, 0.6) is 0 Å². The summed E-state index contributed by atoms with van der Waals surface area (Å²) in [5, 5.41) is 2.91. The molecular weight excluding hydrogens is 464 g/mol. The summed E-state index contributed by atoms with van der Waals surface area (Å²) in [6.45, 7) is 8.62. The Morgan fingerprint density at radius 3 is 2.05 bits per heavy atom. The van der Waals surface area contributed by atoms with Gasteiger partial charge in [0.25, 0.3) is 0 Å². The summed E-state index contributed by atoms with van der Waals surface area (Å²) in [7, 11) is 0. The van der Waals surface area contributed by atoms with Crippen molar-refractivity contribution in [2.24, 2.45) is 0 Å². The van der Waals surface area contributed by atoms with E-state index in [-0.39, 0.29) is 24.5 Å². The summed E-state index contributed by atoms with van der Waals surface area (Å²) in [6, 6.07) is -0.174. The summed E-state index contributed by atoms with van der Waals surface area (Å²) >= 11 is 0. The molecule has 210 valence electrons. The standard InChI is InChI=1S/C31H52N2O4/c1-3-4-5-6-7-8-9-10-11-12-13-14-15-16-17-18-19-21-30(34)32-29(2)28-37-31(35)22-20-23-33-24-26-36-27-25-33/h7-8,10-11,13-14,16-17,29H,3-6,9,12,15,18-28H2,1-2H3,(H,32,34)/b8-7+,11-10+,14-13+,17-16+/t29-/m1/s1. The molecule has 1 N–H and O–H groups in total. The first-order valence-electron chi connectivity index (χ1n) is 14.5. The number of hydrogen-bond donors (Lipinski definition) is 1. The number of nitrogens with one attached hydrogen (secondary N) is 1. The first kappa shape index (κ1) is 32.8. The highest BCUT2D eigenvalue weighted by Crippen LogP contribution is 2.03. The number of esters is 1. The third kappa shape index (κ3) is 21.6. The van der Waals surface area contributed by atoms with E-state index in [2.05, 4.69) is 65.7 Å². The number of nitrogens with zero attached hydrogens (tertiary/aromatic N) is 1. The first-order chi connectivity index (χ1) is 18.1. The molecule has 0 aromatic rings. The van der Waals surface area contributed by atoms with Gasteiger partial charge in [-0.25, -0.2) is 0 Å². The molecule has 1 aliphatic rings. The largest absolute Gasteiger partial charge is 0.463 e. The van der Waals surface area contributed by atoms with E-state index >= 15 is 0 Å². The van der Waals surface area contributed by atoms with Crippen molar-refractivity contribution in [2.75, 3.05) is 39.5 Å². The van der Waals surface area contributed by atoms with Crippen LogP contribution in [-0.4, -0.2) is 62.3 Å². The number of morpholine rings is 1. The Balaban J connectivity index is 1.95. The lowest BCUT2D eigenvalue weighted by atomic mass is 10.2. The van der Waals surface area contributed by atoms with Crippen molar-refractivity contribution in [1.82, 2.24) is 10.2 Å². The van der Waals surface area contributed by atoms with E-state index < -0.39 is 0 Å². The first-order valence-corrected chi connectivity index (χ1v) is 14.5. The van der Waals surface area contributed by atoms with Crippen molar-refractivity contribution in [3.63, 3.8) is 0 Å². The van der Waals surface area contributed by atoms with Crippen molar-refractivity contribution in [1.29, 1.82) is 0 Å². The predicted molar refractivity (Wildman–Crippen MR) is 153 cm³/mol. The van der Waals surface area contributed by atoms with E-state index in [1.807, 2.05) is 6.92 Å². The second kappa shape index (κ2) is 24.2. The van der Waals surface area contributed by atoms with E-state index in [1.54, 1.807) is 0 Å². The van der Waals surface area contributed by atoms with Gasteiger partial charge >= 0.3 is 5.97 Å². The highest BCUT2D eigenvalue weighted by atomic mass is 16.5. The van der Waals surface area contributed by atoms with Crippen LogP contribution < -0.4 is 5.32 Å². The van der Waals surface area contributed by atoms with Crippen molar-refractivity contribution in [3.05, 3.63) is 48.6 Å². The van der Waals surface area contributed by atoms with Crippen LogP contribution in [0.1, 0.15) is 90.9 Å². The fourth-order valence-electron chi connectivity index (χ4n) is 3.89. The normalized spacial score (nSPS) is 15.8. The quantitative estimate of drug-likeness (QED) is 0.110. The molecule has 6 nitrogen and oxygen atoms in total. The zero-order chi connectivity index (χ0) is 26.8. The van der Waals surface area contributed by atoms with Gasteiger partial charge in [-0.15, -0.1) is 0 Å². The SMILES string of the molecule is CCCCC/C=C/C/C=C/C/C=C/C/C=C/CCCC(=O)N[C@H](C)COC(=O)CCCN1CCOCC1. The molecular formula is C31H52N2O4. The molecule has 1 amide bonds. The number of ether oxygens (including phenoxy) is 2. The van der Waals surface area contributed by atoms with Gasteiger partial charge in [-0.05, 0) is 64.8 Å². The van der Waals surface area contributed by atoms with Crippen molar-refractivity contribution in [2.45, 2.75) is 96.9 Å². The number of amides is 1. The van der Waals surface area contributed by atoms with Gasteiger partial charge in [0.15, 0.2) is 0 Å². The molecule has 0 spiro atoms. The molecule has 0 radical (unpaired) electrons. The lowest BCUT2D eigenvalue weighted by molar-refractivity contribution is -0.145. The lowest BCUT2D eigenvalue weighted by Gasteiger charge is -2.26. The van der Waals surface area contributed by atoms with Crippen molar-refractivity contribution >= 4 is 11.9 Å². The van der Waals surface area contributed by atoms with Gasteiger partial charge in [-0.1, -0.05) is 68.4 Å². The van der Waals surface area contributed by atoms with Gasteiger partial charge in [0, 0.05) is 25.9 Å². The van der Waals surface area contributed by atoms with Gasteiger partial charge in [-0.2, -0.15) is 0 Å². The topological polar surface area (TPSA) is 67.9 Å². The molecule has 37 heavy (non-hydrogen) atoms. The third-order valence-electron chi connectivity index (χ3n) is 6.09. The van der Waals surface area contributed by atoms with Gasteiger partial charge in [0.05, 0.1) is 19.3 Å². The fraction of sp³-hybridized carbons (Fsp3) is 0.677. The van der Waals surface area contributed by atoms with Crippen LogP contribution in [0.2, 0.25) is 0 Å². The van der Waals surface area contributed by atoms with Gasteiger partial charge < -0.3 is 14.8 Å². The molecule has 0 bridgehead atoms. The predicted octanol–water partition coefficient (Wildman–Crippen LogP) is 6.29. The second-order valence-corrected chi connectivity index (χ2v) is 9.69. The summed E-state index contributed by atoms with van der Waals surface area (Å²) in [5.74, 6) is -0.193. The molecule has 0 unspecified atom stereocenters. The molecule has 0 aliphatic carbocycles. The van der Waals surface area contributed by atoms with E-state index in [9.17, 15) is 9.59 Å². The Morgan fingerprint density at radius 2 is 1.43 bits per heavy atom. The molecule has 1 atom stereocenters. The zero-order valence-electron chi connectivity index (χ0n) is 23.5. The summed E-state index contributed by atoms with van der Waals surface area (Å²) in [4.78, 5) is 26.3. The molecule has 6 heteroatoms. The Bertz CT molecular complexity index is 693. The Kier molecular flexibility index (Phi) is 21.5. The van der Waals surface area contributed by atoms with E-state index in [1.165, 1.54) is 25.7 Å². The summed E-state index contributed by atoms with van der Waals surface area (Å²) < 4.78 is 10.6. The molecule has 1 heterocycles. The maximum absolute atomic E-state index is 12.1. The van der Waals surface area contributed by atoms with E-state index in [0.29, 0.717) is 12.8 Å². The van der Waals surface area contributed by atoms with Crippen LogP contribution in [0.15, 0.2) is 48.6 Å². The average molecular weight is 517 g/mol. The molecule has 1 rings (SSSR count). The Morgan fingerprint density at radius 1 is 0.838 bits per heavy atom. The molecule has 0 aromatic carbocycles. The molecule has 1 fully saturated rings. The second-order valence-electron chi connectivity index (χ2n) is 9.69. The van der Waals surface area contributed by atoms with E-state index in [4.69, 9.17) is 9.47 Å². The van der Waals surface area contributed by atoms with Crippen LogP contribution in [0.4, 0.5) is 0 Å². The maximum atomic E-state index is 12.1. The molecule has 1 aliphatic heterocycles. The number of allylic oxidation sites excluding steroid dienone is 8. The number of hydrogen-bond acceptors (Lipinski definition) is 5. The number of unbranched alkanes of at least 4 members (excludes halogenated alkanes) is 4. The minimum absolute atomic E-state index is 0.00625. The highest BCUT2D eigenvalue weighted by Gasteiger charge is 2.13. The highest BCUT2D eigenvalue weighted by molar-refractivity contribution is 5.76. The lowest BCUT2D eigenvalue weighted by Crippen LogP contribution is -2.37. The molecule has 0 aromatic heterocycles. The summed E-state index contributed by atoms with van der Waals surface area (Å²) in [5.41, 5.74) is 0. The van der Waals surface area contributed by atoms with Crippen LogP contribution in [0.25, 0.3) is 0 Å². The number of carbonyl (C=O) groups excluding carboxylic acids is 2. The van der Waals surface area contributed by atoms with Crippen LogP contribution in [-0.2, 0) is 19.1 Å². The summed E-state index contributed by atoms with van der Waals surface area (Å²) in [6.07, 6.45) is 29.0. The van der Waals surface area contributed by atoms with Gasteiger partial charge in [0.2, 0.25) is 5.91 Å². The third-order valence-corrected chi connectivity index (χ3v) is 6.09. The van der Waals surface area contributed by atoms with Gasteiger partial charge in [-0.3, -0.25) is 14.5 Å². The van der Waals surface area contributed by atoms with Crippen LogP contribution in [0, 0.1) is 0 Å². The minimum atomic E-state index is -0.199. The van der Waals surface area contributed by atoms with E-state index in [0.717, 1.165) is 71.4 Å². The monoisotopic (exact) mass is 516 g/mol.